The Morgan fingerprint density at radius 1 is 0.838 bits per heavy atom. The van der Waals surface area contributed by atoms with E-state index in [4.69, 9.17) is 30.4 Å². The molecule has 37 heavy (non-hydrogen) atoms. The van der Waals surface area contributed by atoms with Crippen LogP contribution in [-0.4, -0.2) is 62.7 Å². The van der Waals surface area contributed by atoms with Crippen molar-refractivity contribution in [3.8, 4) is 0 Å². The van der Waals surface area contributed by atoms with Crippen LogP contribution in [0.25, 0.3) is 0 Å². The standard InChI is InChI=1S/C29H55N3O5/c1-2-3-4-5-6-7-8-9-10-11-12-13-14-15-16-17-22-34-25-35-24-27-26(33)19-20-28(37-27)36-23-18-21-32-29(30)31/h9-10,19-20,26-28,33H,2-8,11-18,21-25H2,1H3,(H4,30,31,32)/b10-9-/t26-,27+,28-/m0/s1. The molecule has 0 unspecified atom stereocenters. The lowest BCUT2D eigenvalue weighted by Crippen LogP contribution is -2.39. The van der Waals surface area contributed by atoms with Crippen LogP contribution in [0.15, 0.2) is 29.3 Å². The molecule has 1 rings (SSSR count). The number of allylic oxidation sites excluding steroid dienone is 2. The first kappa shape index (κ1) is 33.6. The summed E-state index contributed by atoms with van der Waals surface area (Å²) in [6.45, 7) is 4.36. The molecule has 0 aromatic carbocycles. The van der Waals surface area contributed by atoms with Gasteiger partial charge in [0.25, 0.3) is 0 Å². The van der Waals surface area contributed by atoms with Crippen LogP contribution in [0.5, 0.6) is 0 Å². The Morgan fingerprint density at radius 2 is 1.49 bits per heavy atom. The largest absolute Gasteiger partial charge is 0.386 e. The predicted molar refractivity (Wildman–Crippen MR) is 151 cm³/mol. The number of guanidine groups is 1. The van der Waals surface area contributed by atoms with Gasteiger partial charge in [-0.15, -0.1) is 0 Å². The van der Waals surface area contributed by atoms with E-state index in [1.165, 1.54) is 83.5 Å². The number of nitrogens with two attached hydrogens (primary N) is 2. The molecule has 216 valence electrons. The molecule has 8 heteroatoms. The van der Waals surface area contributed by atoms with Crippen molar-refractivity contribution in [2.45, 2.75) is 122 Å². The summed E-state index contributed by atoms with van der Waals surface area (Å²) in [6, 6.07) is 0. The molecule has 8 nitrogen and oxygen atoms in total. The van der Waals surface area contributed by atoms with Crippen molar-refractivity contribution in [1.29, 1.82) is 0 Å². The van der Waals surface area contributed by atoms with E-state index < -0.39 is 18.5 Å². The molecule has 0 radical (unpaired) electrons. The summed E-state index contributed by atoms with van der Waals surface area (Å²) in [4.78, 5) is 3.91. The Hall–Kier alpha value is -1.45. The Bertz CT molecular complexity index is 596. The smallest absolute Gasteiger partial charge is 0.185 e. The lowest BCUT2D eigenvalue weighted by molar-refractivity contribution is -0.194. The summed E-state index contributed by atoms with van der Waals surface area (Å²) in [6.07, 6.45) is 25.2. The number of ether oxygens (including phenoxy) is 4. The molecule has 0 aliphatic carbocycles. The van der Waals surface area contributed by atoms with E-state index in [1.807, 2.05) is 0 Å². The van der Waals surface area contributed by atoms with E-state index in [1.54, 1.807) is 12.2 Å². The summed E-state index contributed by atoms with van der Waals surface area (Å²) in [5.41, 5.74) is 10.6. The fourth-order valence-electron chi connectivity index (χ4n) is 4.07. The summed E-state index contributed by atoms with van der Waals surface area (Å²) in [5.74, 6) is 0.0732. The van der Waals surface area contributed by atoms with Gasteiger partial charge in [0.1, 0.15) is 19.0 Å². The van der Waals surface area contributed by atoms with Gasteiger partial charge < -0.3 is 35.5 Å². The van der Waals surface area contributed by atoms with Crippen LogP contribution in [0.2, 0.25) is 0 Å². The zero-order chi connectivity index (χ0) is 26.8. The molecular formula is C29H55N3O5. The minimum atomic E-state index is -0.725. The van der Waals surface area contributed by atoms with Crippen molar-refractivity contribution >= 4 is 5.96 Å². The molecule has 1 aliphatic rings. The Balaban J connectivity index is 1.87. The lowest BCUT2D eigenvalue weighted by atomic mass is 10.1. The fraction of sp³-hybridized carbons (Fsp3) is 0.828. The highest BCUT2D eigenvalue weighted by Gasteiger charge is 2.26. The van der Waals surface area contributed by atoms with Crippen LogP contribution < -0.4 is 11.5 Å². The number of hydrogen-bond donors (Lipinski definition) is 3. The molecule has 3 atom stereocenters. The molecule has 1 heterocycles. The summed E-state index contributed by atoms with van der Waals surface area (Å²) >= 11 is 0. The zero-order valence-corrected chi connectivity index (χ0v) is 23.4. The molecule has 0 amide bonds. The van der Waals surface area contributed by atoms with Gasteiger partial charge in [-0.05, 0) is 44.6 Å². The van der Waals surface area contributed by atoms with E-state index in [0.29, 0.717) is 26.2 Å². The van der Waals surface area contributed by atoms with Gasteiger partial charge in [0.05, 0.1) is 13.2 Å². The third kappa shape index (κ3) is 21.2. The van der Waals surface area contributed by atoms with Crippen LogP contribution in [-0.2, 0) is 18.9 Å². The van der Waals surface area contributed by atoms with Crippen LogP contribution >= 0.6 is 0 Å². The van der Waals surface area contributed by atoms with Gasteiger partial charge in [0, 0.05) is 13.2 Å². The second-order valence-corrected chi connectivity index (χ2v) is 9.78. The molecule has 5 N–H and O–H groups in total. The maximum atomic E-state index is 10.1. The maximum absolute atomic E-state index is 10.1. The Kier molecular flexibility index (Phi) is 22.6. The van der Waals surface area contributed by atoms with E-state index in [2.05, 4.69) is 24.1 Å². The fourth-order valence-corrected chi connectivity index (χ4v) is 4.07. The third-order valence-electron chi connectivity index (χ3n) is 6.28. The predicted octanol–water partition coefficient (Wildman–Crippen LogP) is 5.34. The molecule has 0 aromatic heterocycles. The van der Waals surface area contributed by atoms with Gasteiger partial charge in [0.15, 0.2) is 12.2 Å². The van der Waals surface area contributed by atoms with Gasteiger partial charge in [0.2, 0.25) is 0 Å². The van der Waals surface area contributed by atoms with Crippen LogP contribution in [0.3, 0.4) is 0 Å². The summed E-state index contributed by atoms with van der Waals surface area (Å²) in [7, 11) is 0. The van der Waals surface area contributed by atoms with E-state index in [-0.39, 0.29) is 19.4 Å². The first-order chi connectivity index (χ1) is 18.1. The molecule has 1 aliphatic heterocycles. The molecule has 0 saturated heterocycles. The van der Waals surface area contributed by atoms with Crippen LogP contribution in [0.1, 0.15) is 103 Å². The first-order valence-corrected chi connectivity index (χ1v) is 14.6. The molecule has 0 aromatic rings. The lowest BCUT2D eigenvalue weighted by Gasteiger charge is -2.29. The van der Waals surface area contributed by atoms with Gasteiger partial charge in [-0.2, -0.15) is 0 Å². The van der Waals surface area contributed by atoms with E-state index in [0.717, 1.165) is 6.42 Å². The second-order valence-electron chi connectivity index (χ2n) is 9.78. The highest BCUT2D eigenvalue weighted by molar-refractivity contribution is 5.75. The van der Waals surface area contributed by atoms with Gasteiger partial charge >= 0.3 is 0 Å². The summed E-state index contributed by atoms with van der Waals surface area (Å²) in [5, 5.41) is 10.1. The quantitative estimate of drug-likeness (QED) is 0.0484. The highest BCUT2D eigenvalue weighted by atomic mass is 16.7. The highest BCUT2D eigenvalue weighted by Crippen LogP contribution is 2.15. The molecule has 0 bridgehead atoms. The van der Waals surface area contributed by atoms with Gasteiger partial charge in [-0.3, -0.25) is 4.99 Å². The molecule has 0 fully saturated rings. The van der Waals surface area contributed by atoms with E-state index in [9.17, 15) is 5.11 Å². The van der Waals surface area contributed by atoms with Crippen molar-refractivity contribution in [1.82, 2.24) is 0 Å². The summed E-state index contributed by atoms with van der Waals surface area (Å²) < 4.78 is 22.5. The van der Waals surface area contributed by atoms with Gasteiger partial charge in [-0.25, -0.2) is 0 Å². The molecular weight excluding hydrogens is 470 g/mol. The van der Waals surface area contributed by atoms with Crippen LogP contribution in [0, 0.1) is 0 Å². The minimum Gasteiger partial charge on any atom is -0.386 e. The monoisotopic (exact) mass is 525 g/mol. The number of aliphatic hydroxyl groups excluding tert-OH is 1. The Labute approximate surface area is 225 Å². The minimum absolute atomic E-state index is 0.0732. The second kappa shape index (κ2) is 24.9. The van der Waals surface area contributed by atoms with Crippen molar-refractivity contribution in [3.63, 3.8) is 0 Å². The number of nitrogens with zero attached hydrogens (tertiary/aromatic N) is 1. The maximum Gasteiger partial charge on any atom is 0.185 e. The number of aliphatic imine (C=N–C) groups is 1. The zero-order valence-electron chi connectivity index (χ0n) is 23.4. The first-order valence-electron chi connectivity index (χ1n) is 14.6. The number of unbranched alkanes of at least 4 members (excludes halogenated alkanes) is 12. The number of hydrogen-bond acceptors (Lipinski definition) is 6. The van der Waals surface area contributed by atoms with Crippen LogP contribution in [0.4, 0.5) is 0 Å². The average molecular weight is 526 g/mol. The SMILES string of the molecule is CCCCCCCC/C=C\CCCCCCCCOCOC[C@H]1O[C@H](OCCCN=C(N)N)C=C[C@@H]1O. The van der Waals surface area contributed by atoms with Crippen molar-refractivity contribution in [3.05, 3.63) is 24.3 Å². The Morgan fingerprint density at radius 3 is 2.16 bits per heavy atom. The number of aliphatic hydroxyl groups is 1. The molecule has 0 spiro atoms. The van der Waals surface area contributed by atoms with Crippen molar-refractivity contribution in [2.24, 2.45) is 16.5 Å². The van der Waals surface area contributed by atoms with Crippen molar-refractivity contribution in [2.75, 3.05) is 33.2 Å². The van der Waals surface area contributed by atoms with E-state index >= 15 is 0 Å². The number of rotatable bonds is 25. The van der Waals surface area contributed by atoms with Gasteiger partial charge in [-0.1, -0.05) is 82.9 Å². The molecule has 0 saturated carbocycles. The topological polar surface area (TPSA) is 122 Å². The normalized spacial score (nSPS) is 19.6. The third-order valence-corrected chi connectivity index (χ3v) is 6.28. The average Bonchev–Trinajstić information content (AvgIpc) is 2.88. The van der Waals surface area contributed by atoms with Crippen molar-refractivity contribution < 1.29 is 24.1 Å².